The van der Waals surface area contributed by atoms with Crippen LogP contribution in [0, 0.1) is 0 Å². The van der Waals surface area contributed by atoms with Crippen molar-refractivity contribution >= 4 is 33.2 Å². The highest BCUT2D eigenvalue weighted by Gasteiger charge is 2.19. The minimum Gasteiger partial charge on any atom is -0.465 e. The summed E-state index contributed by atoms with van der Waals surface area (Å²) >= 11 is 4.64. The molecule has 0 aromatic heterocycles. The van der Waals surface area contributed by atoms with E-state index >= 15 is 0 Å². The molecule has 94 valence electrons. The van der Waals surface area contributed by atoms with Gasteiger partial charge >= 0.3 is 5.97 Å². The maximum absolute atomic E-state index is 11.4. The van der Waals surface area contributed by atoms with E-state index in [1.54, 1.807) is 13.8 Å². The van der Waals surface area contributed by atoms with Gasteiger partial charge in [-0.3, -0.25) is 4.79 Å². The molecule has 0 heterocycles. The van der Waals surface area contributed by atoms with Crippen molar-refractivity contribution in [3.8, 4) is 0 Å². The van der Waals surface area contributed by atoms with E-state index in [1.807, 2.05) is 0 Å². The van der Waals surface area contributed by atoms with Crippen LogP contribution in [-0.4, -0.2) is 37.8 Å². The summed E-state index contributed by atoms with van der Waals surface area (Å²) in [5, 5.41) is 0. The van der Waals surface area contributed by atoms with Crippen LogP contribution in [0.4, 0.5) is 0 Å². The van der Waals surface area contributed by atoms with E-state index in [2.05, 4.69) is 21.7 Å². The minimum atomic E-state index is -3.69. The first-order valence-electron chi connectivity index (χ1n) is 4.70. The second kappa shape index (κ2) is 6.77. The van der Waals surface area contributed by atoms with Crippen LogP contribution in [0.1, 0.15) is 20.3 Å². The fraction of sp³-hybridized carbons (Fsp3) is 0.750. The van der Waals surface area contributed by atoms with Crippen molar-refractivity contribution in [3.05, 3.63) is 0 Å². The molecule has 0 radical (unpaired) electrons. The molecule has 0 bridgehead atoms. The van der Waals surface area contributed by atoms with Crippen molar-refractivity contribution in [2.24, 2.45) is 5.73 Å². The number of thiocarbonyl (C=S) groups is 1. The summed E-state index contributed by atoms with van der Waals surface area (Å²) in [6.07, 6.45) is 0.247. The van der Waals surface area contributed by atoms with E-state index < -0.39 is 27.8 Å². The van der Waals surface area contributed by atoms with Gasteiger partial charge in [-0.05, 0) is 13.8 Å². The van der Waals surface area contributed by atoms with Gasteiger partial charge in [0.2, 0.25) is 10.0 Å². The lowest BCUT2D eigenvalue weighted by Crippen LogP contribution is -2.38. The summed E-state index contributed by atoms with van der Waals surface area (Å²) in [5.74, 6) is -1.47. The highest BCUT2D eigenvalue weighted by molar-refractivity contribution is 7.90. The van der Waals surface area contributed by atoms with Crippen molar-refractivity contribution in [2.75, 3.05) is 12.4 Å². The van der Waals surface area contributed by atoms with Gasteiger partial charge in [0.15, 0.2) is 5.75 Å². The van der Waals surface area contributed by atoms with Gasteiger partial charge < -0.3 is 10.5 Å². The molecular formula is C8H16N2O4S2. The lowest BCUT2D eigenvalue weighted by Gasteiger charge is -2.12. The predicted molar refractivity (Wildman–Crippen MR) is 64.4 cm³/mol. The topological polar surface area (TPSA) is 98.5 Å². The average Bonchev–Trinajstić information content (AvgIpc) is 1.98. The van der Waals surface area contributed by atoms with Gasteiger partial charge in [0.05, 0.1) is 11.6 Å². The molecule has 1 atom stereocenters. The lowest BCUT2D eigenvalue weighted by atomic mass is 10.3. The Hall–Kier alpha value is -0.730. The number of rotatable bonds is 7. The Bertz CT molecular complexity index is 353. The number of nitrogens with one attached hydrogen (secondary N) is 1. The Labute approximate surface area is 101 Å². The zero-order chi connectivity index (χ0) is 12.8. The smallest absolute Gasteiger partial charge is 0.322 e. The third-order valence-electron chi connectivity index (χ3n) is 1.50. The van der Waals surface area contributed by atoms with Crippen molar-refractivity contribution in [3.63, 3.8) is 0 Å². The van der Waals surface area contributed by atoms with Crippen LogP contribution in [0.2, 0.25) is 0 Å². The first-order valence-corrected chi connectivity index (χ1v) is 6.76. The van der Waals surface area contributed by atoms with Crippen molar-refractivity contribution in [1.29, 1.82) is 0 Å². The van der Waals surface area contributed by atoms with Gasteiger partial charge in [-0.15, -0.1) is 0 Å². The van der Waals surface area contributed by atoms with Gasteiger partial charge in [-0.1, -0.05) is 12.2 Å². The molecule has 0 aromatic rings. The summed E-state index contributed by atoms with van der Waals surface area (Å²) in [6, 6.07) is -0.433. The third-order valence-corrected chi connectivity index (χ3v) is 3.05. The molecule has 8 heteroatoms. The van der Waals surface area contributed by atoms with Crippen LogP contribution < -0.4 is 10.5 Å². The summed E-state index contributed by atoms with van der Waals surface area (Å²) in [5.41, 5.74) is 5.27. The molecule has 0 aliphatic carbocycles. The molecule has 0 aromatic carbocycles. The van der Waals surface area contributed by atoms with E-state index in [0.29, 0.717) is 0 Å². The zero-order valence-electron chi connectivity index (χ0n) is 9.23. The second-order valence-electron chi connectivity index (χ2n) is 3.25. The maximum Gasteiger partial charge on any atom is 0.322 e. The van der Waals surface area contributed by atoms with Crippen LogP contribution in [0.25, 0.3) is 0 Å². The van der Waals surface area contributed by atoms with Crippen molar-refractivity contribution < 1.29 is 17.9 Å². The molecule has 0 spiro atoms. The number of ether oxygens (including phenoxy) is 1. The van der Waals surface area contributed by atoms with Gasteiger partial charge in [-0.25, -0.2) is 13.1 Å². The minimum absolute atomic E-state index is 0.150. The highest BCUT2D eigenvalue weighted by atomic mass is 32.2. The molecule has 0 rings (SSSR count). The summed E-state index contributed by atoms with van der Waals surface area (Å²) in [7, 11) is -3.69. The largest absolute Gasteiger partial charge is 0.465 e. The normalized spacial score (nSPS) is 13.1. The zero-order valence-corrected chi connectivity index (χ0v) is 10.9. The Morgan fingerprint density at radius 3 is 2.56 bits per heavy atom. The van der Waals surface area contributed by atoms with Crippen molar-refractivity contribution in [1.82, 2.24) is 4.72 Å². The molecular weight excluding hydrogens is 252 g/mol. The molecule has 0 amide bonds. The van der Waals surface area contributed by atoms with Gasteiger partial charge in [0.1, 0.15) is 0 Å². The number of nitrogens with two attached hydrogens (primary N) is 1. The number of hydrogen-bond acceptors (Lipinski definition) is 5. The number of carbonyl (C=O) groups is 1. The van der Waals surface area contributed by atoms with E-state index in [1.165, 1.54) is 0 Å². The molecule has 0 saturated heterocycles. The van der Waals surface area contributed by atoms with Crippen LogP contribution in [-0.2, 0) is 19.6 Å². The average molecular weight is 268 g/mol. The van der Waals surface area contributed by atoms with Crippen LogP contribution in [0.15, 0.2) is 0 Å². The molecule has 0 saturated carbocycles. The van der Waals surface area contributed by atoms with Gasteiger partial charge in [0, 0.05) is 12.5 Å². The highest BCUT2D eigenvalue weighted by Crippen LogP contribution is 1.96. The summed E-state index contributed by atoms with van der Waals surface area (Å²) in [4.78, 5) is 11.2. The van der Waals surface area contributed by atoms with Gasteiger partial charge in [0.25, 0.3) is 0 Å². The Balaban J connectivity index is 4.24. The predicted octanol–water partition coefficient (Wildman–Crippen LogP) is -0.466. The second-order valence-corrected chi connectivity index (χ2v) is 5.53. The molecule has 16 heavy (non-hydrogen) atoms. The van der Waals surface area contributed by atoms with E-state index in [-0.39, 0.29) is 18.0 Å². The SMILES string of the molecule is CCOC(=O)CS(=O)(=O)NC(C)CC(N)=S. The van der Waals surface area contributed by atoms with E-state index in [9.17, 15) is 13.2 Å². The number of esters is 1. The lowest BCUT2D eigenvalue weighted by molar-refractivity contribution is -0.139. The van der Waals surface area contributed by atoms with Gasteiger partial charge in [-0.2, -0.15) is 0 Å². The molecule has 0 fully saturated rings. The molecule has 3 N–H and O–H groups in total. The first kappa shape index (κ1) is 15.3. The fourth-order valence-electron chi connectivity index (χ4n) is 1.05. The Morgan fingerprint density at radius 2 is 2.12 bits per heavy atom. The standard InChI is InChI=1S/C8H16N2O4S2/c1-3-14-8(11)5-16(12,13)10-6(2)4-7(9)15/h6,10H,3-5H2,1-2H3,(H2,9,15). The Morgan fingerprint density at radius 1 is 1.56 bits per heavy atom. The molecule has 1 unspecified atom stereocenters. The van der Waals surface area contributed by atoms with E-state index in [0.717, 1.165) is 0 Å². The summed E-state index contributed by atoms with van der Waals surface area (Å²) in [6.45, 7) is 3.37. The maximum atomic E-state index is 11.4. The third kappa shape index (κ3) is 7.55. The monoisotopic (exact) mass is 268 g/mol. The van der Waals surface area contributed by atoms with Crippen LogP contribution in [0.5, 0.6) is 0 Å². The molecule has 0 aliphatic rings. The fourth-order valence-corrected chi connectivity index (χ4v) is 2.47. The van der Waals surface area contributed by atoms with Crippen LogP contribution >= 0.6 is 12.2 Å². The number of carbonyl (C=O) groups excluding carboxylic acids is 1. The Kier molecular flexibility index (Phi) is 6.46. The number of hydrogen-bond donors (Lipinski definition) is 2. The summed E-state index contributed by atoms with van der Waals surface area (Å²) < 4.78 is 29.6. The van der Waals surface area contributed by atoms with E-state index in [4.69, 9.17) is 5.73 Å². The van der Waals surface area contributed by atoms with Crippen LogP contribution in [0.3, 0.4) is 0 Å². The molecule has 6 nitrogen and oxygen atoms in total. The molecule has 0 aliphatic heterocycles. The quantitative estimate of drug-likeness (QED) is 0.478. The number of sulfonamides is 1. The first-order chi connectivity index (χ1) is 7.26. The van der Waals surface area contributed by atoms with Crippen molar-refractivity contribution in [2.45, 2.75) is 26.3 Å².